The van der Waals surface area contributed by atoms with E-state index in [1.54, 1.807) is 41.1 Å². The highest BCUT2D eigenvalue weighted by Gasteiger charge is 2.19. The molecule has 1 N–H and O–H groups in total. The maximum atomic E-state index is 12.1. The Labute approximate surface area is 167 Å². The SMILES string of the molecule is Cc1cc(Oc2ccc(COc3cc4n(c(=O)n3)CC(C)N4)cc2C#N)ccn1. The van der Waals surface area contributed by atoms with E-state index in [9.17, 15) is 10.1 Å². The van der Waals surface area contributed by atoms with Gasteiger partial charge in [0.25, 0.3) is 0 Å². The minimum absolute atomic E-state index is 0.175. The van der Waals surface area contributed by atoms with Crippen LogP contribution in [0.5, 0.6) is 17.4 Å². The van der Waals surface area contributed by atoms with Gasteiger partial charge in [0.1, 0.15) is 30.0 Å². The lowest BCUT2D eigenvalue weighted by Crippen LogP contribution is -2.22. The van der Waals surface area contributed by atoms with E-state index < -0.39 is 0 Å². The molecule has 29 heavy (non-hydrogen) atoms. The van der Waals surface area contributed by atoms with Gasteiger partial charge in [0.15, 0.2) is 0 Å². The molecule has 0 amide bonds. The molecule has 0 fully saturated rings. The first kappa shape index (κ1) is 18.5. The van der Waals surface area contributed by atoms with Crippen LogP contribution >= 0.6 is 0 Å². The number of hydrogen-bond acceptors (Lipinski definition) is 7. The summed E-state index contributed by atoms with van der Waals surface area (Å²) in [5.41, 5.74) is 1.64. The van der Waals surface area contributed by atoms with Crippen LogP contribution in [0.15, 0.2) is 47.4 Å². The smallest absolute Gasteiger partial charge is 0.352 e. The van der Waals surface area contributed by atoms with E-state index in [4.69, 9.17) is 9.47 Å². The van der Waals surface area contributed by atoms with Crippen molar-refractivity contribution in [1.82, 2.24) is 14.5 Å². The third-order valence-corrected chi connectivity index (χ3v) is 4.49. The summed E-state index contributed by atoms with van der Waals surface area (Å²) in [6.07, 6.45) is 1.65. The van der Waals surface area contributed by atoms with Crippen molar-refractivity contribution in [1.29, 1.82) is 5.26 Å². The van der Waals surface area contributed by atoms with E-state index >= 15 is 0 Å². The van der Waals surface area contributed by atoms with Gasteiger partial charge >= 0.3 is 5.69 Å². The van der Waals surface area contributed by atoms with Crippen LogP contribution in [-0.2, 0) is 13.2 Å². The number of nitrogens with one attached hydrogen (secondary N) is 1. The van der Waals surface area contributed by atoms with Crippen LogP contribution < -0.4 is 20.5 Å². The first-order valence-corrected chi connectivity index (χ1v) is 9.16. The number of anilines is 1. The Hall–Kier alpha value is -3.86. The Bertz CT molecular complexity index is 1170. The molecule has 1 aromatic carbocycles. The van der Waals surface area contributed by atoms with Crippen LogP contribution in [0.25, 0.3) is 0 Å². The van der Waals surface area contributed by atoms with E-state index in [1.807, 2.05) is 19.9 Å². The molecule has 8 nitrogen and oxygen atoms in total. The molecule has 0 aliphatic carbocycles. The van der Waals surface area contributed by atoms with Crippen molar-refractivity contribution >= 4 is 5.82 Å². The number of nitriles is 1. The molecule has 1 aliphatic rings. The molecule has 1 aliphatic heterocycles. The highest BCUT2D eigenvalue weighted by molar-refractivity contribution is 5.47. The fraction of sp³-hybridized carbons (Fsp3) is 0.238. The number of aromatic nitrogens is 3. The Morgan fingerprint density at radius 2 is 2.17 bits per heavy atom. The fourth-order valence-corrected chi connectivity index (χ4v) is 3.14. The maximum Gasteiger partial charge on any atom is 0.352 e. The summed E-state index contributed by atoms with van der Waals surface area (Å²) in [5.74, 6) is 2.01. The summed E-state index contributed by atoms with van der Waals surface area (Å²) in [7, 11) is 0. The van der Waals surface area contributed by atoms with E-state index in [2.05, 4.69) is 21.4 Å². The zero-order valence-corrected chi connectivity index (χ0v) is 16.0. The van der Waals surface area contributed by atoms with Gasteiger partial charge in [-0.15, -0.1) is 0 Å². The summed E-state index contributed by atoms with van der Waals surface area (Å²) < 4.78 is 13.1. The van der Waals surface area contributed by atoms with Crippen LogP contribution in [0.1, 0.15) is 23.7 Å². The van der Waals surface area contributed by atoms with Gasteiger partial charge in [-0.2, -0.15) is 10.2 Å². The van der Waals surface area contributed by atoms with Crippen molar-refractivity contribution < 1.29 is 9.47 Å². The van der Waals surface area contributed by atoms with Crippen molar-refractivity contribution in [2.24, 2.45) is 0 Å². The highest BCUT2D eigenvalue weighted by atomic mass is 16.5. The van der Waals surface area contributed by atoms with Gasteiger partial charge in [-0.05, 0) is 37.6 Å². The summed E-state index contributed by atoms with van der Waals surface area (Å²) in [5, 5.41) is 12.7. The first-order chi connectivity index (χ1) is 14.0. The number of pyridine rings is 1. The molecule has 3 heterocycles. The summed E-state index contributed by atoms with van der Waals surface area (Å²) >= 11 is 0. The predicted molar refractivity (Wildman–Crippen MR) is 106 cm³/mol. The van der Waals surface area contributed by atoms with Crippen LogP contribution in [0, 0.1) is 18.3 Å². The average molecular weight is 389 g/mol. The average Bonchev–Trinajstić information content (AvgIpc) is 3.08. The standard InChI is InChI=1S/C21H19N5O3/c1-13-7-17(5-6-23-13)29-18-4-3-15(8-16(18)10-22)12-28-20-9-19-24-14(2)11-26(19)21(27)25-20/h3-9,14,24H,11-12H2,1-2H3. The monoisotopic (exact) mass is 389 g/mol. The summed E-state index contributed by atoms with van der Waals surface area (Å²) in [6, 6.07) is 12.8. The normalized spacial score (nSPS) is 14.6. The topological polar surface area (TPSA) is 102 Å². The second-order valence-corrected chi connectivity index (χ2v) is 6.88. The zero-order chi connectivity index (χ0) is 20.4. The number of rotatable bonds is 5. The van der Waals surface area contributed by atoms with E-state index in [1.165, 1.54) is 0 Å². The first-order valence-electron chi connectivity index (χ1n) is 9.16. The molecular weight excluding hydrogens is 370 g/mol. The number of aryl methyl sites for hydroxylation is 1. The molecule has 0 radical (unpaired) electrons. The molecule has 0 saturated carbocycles. The molecule has 4 rings (SSSR count). The van der Waals surface area contributed by atoms with E-state index in [0.717, 1.165) is 11.3 Å². The van der Waals surface area contributed by atoms with Crippen molar-refractivity contribution in [2.45, 2.75) is 33.0 Å². The third-order valence-electron chi connectivity index (χ3n) is 4.49. The molecule has 146 valence electrons. The van der Waals surface area contributed by atoms with Crippen molar-refractivity contribution in [3.8, 4) is 23.4 Å². The lowest BCUT2D eigenvalue weighted by atomic mass is 10.1. The molecule has 1 atom stereocenters. The molecule has 0 spiro atoms. The number of nitrogens with zero attached hydrogens (tertiary/aromatic N) is 4. The highest BCUT2D eigenvalue weighted by Crippen LogP contribution is 2.27. The molecule has 0 saturated heterocycles. The van der Waals surface area contributed by atoms with Gasteiger partial charge in [0.05, 0.1) is 5.56 Å². The Balaban J connectivity index is 1.49. The molecule has 8 heteroatoms. The predicted octanol–water partition coefficient (Wildman–Crippen LogP) is 3.00. The number of benzene rings is 1. The minimum Gasteiger partial charge on any atom is -0.473 e. The van der Waals surface area contributed by atoms with Crippen molar-refractivity contribution in [3.05, 3.63) is 69.9 Å². The van der Waals surface area contributed by atoms with Crippen LogP contribution in [-0.4, -0.2) is 20.6 Å². The fourth-order valence-electron chi connectivity index (χ4n) is 3.14. The van der Waals surface area contributed by atoms with Gasteiger partial charge in [-0.1, -0.05) is 6.07 Å². The van der Waals surface area contributed by atoms with Gasteiger partial charge < -0.3 is 14.8 Å². The molecular formula is C21H19N5O3. The maximum absolute atomic E-state index is 12.1. The van der Waals surface area contributed by atoms with Crippen LogP contribution in [0.4, 0.5) is 5.82 Å². The van der Waals surface area contributed by atoms with E-state index in [0.29, 0.717) is 29.4 Å². The van der Waals surface area contributed by atoms with Crippen molar-refractivity contribution in [2.75, 3.05) is 5.32 Å². The minimum atomic E-state index is -0.344. The van der Waals surface area contributed by atoms with Gasteiger partial charge in [0.2, 0.25) is 5.88 Å². The molecule has 3 aromatic rings. The van der Waals surface area contributed by atoms with Crippen LogP contribution in [0.2, 0.25) is 0 Å². The summed E-state index contributed by atoms with van der Waals surface area (Å²) in [6.45, 7) is 4.63. The Morgan fingerprint density at radius 1 is 1.31 bits per heavy atom. The summed E-state index contributed by atoms with van der Waals surface area (Å²) in [4.78, 5) is 20.2. The van der Waals surface area contributed by atoms with Crippen molar-refractivity contribution in [3.63, 3.8) is 0 Å². The zero-order valence-electron chi connectivity index (χ0n) is 16.0. The molecule has 1 unspecified atom stereocenters. The molecule has 2 aromatic heterocycles. The number of fused-ring (bicyclic) bond motifs is 1. The number of ether oxygens (including phenoxy) is 2. The van der Waals surface area contributed by atoms with Crippen LogP contribution in [0.3, 0.4) is 0 Å². The molecule has 0 bridgehead atoms. The second kappa shape index (κ2) is 7.64. The quantitative estimate of drug-likeness (QED) is 0.715. The Morgan fingerprint density at radius 3 is 2.97 bits per heavy atom. The van der Waals surface area contributed by atoms with Gasteiger partial charge in [-0.3, -0.25) is 9.55 Å². The van der Waals surface area contributed by atoms with E-state index in [-0.39, 0.29) is 24.2 Å². The number of hydrogen-bond donors (Lipinski definition) is 1. The third kappa shape index (κ3) is 4.04. The largest absolute Gasteiger partial charge is 0.473 e. The Kier molecular flexibility index (Phi) is 4.87. The second-order valence-electron chi connectivity index (χ2n) is 6.88. The van der Waals surface area contributed by atoms with Gasteiger partial charge in [-0.25, -0.2) is 4.79 Å². The lowest BCUT2D eigenvalue weighted by molar-refractivity contribution is 0.291. The lowest BCUT2D eigenvalue weighted by Gasteiger charge is -2.11. The van der Waals surface area contributed by atoms with Gasteiger partial charge in [0, 0.05) is 36.6 Å².